The first-order valence-corrected chi connectivity index (χ1v) is 10.3. The van der Waals surface area contributed by atoms with E-state index in [1.54, 1.807) is 12.4 Å². The zero-order valence-corrected chi connectivity index (χ0v) is 17.4. The van der Waals surface area contributed by atoms with E-state index in [0.29, 0.717) is 28.3 Å². The fourth-order valence-corrected chi connectivity index (χ4v) is 4.08. The van der Waals surface area contributed by atoms with Crippen molar-refractivity contribution in [2.75, 3.05) is 0 Å². The number of ketones is 1. The molecule has 0 bridgehead atoms. The molecule has 0 aromatic carbocycles. The number of hydrogen-bond acceptors (Lipinski definition) is 6. The lowest BCUT2D eigenvalue weighted by Gasteiger charge is -2.08. The van der Waals surface area contributed by atoms with Crippen molar-refractivity contribution in [2.24, 2.45) is 0 Å². The molecular formula is C23H19FN4OS. The Balaban J connectivity index is 1.44. The van der Waals surface area contributed by atoms with Crippen molar-refractivity contribution in [2.45, 2.75) is 26.7 Å². The van der Waals surface area contributed by atoms with E-state index < -0.39 is 5.82 Å². The molecular weight excluding hydrogens is 399 g/mol. The van der Waals surface area contributed by atoms with Crippen molar-refractivity contribution in [3.63, 3.8) is 0 Å². The second-order valence-corrected chi connectivity index (χ2v) is 8.07. The highest BCUT2D eigenvalue weighted by atomic mass is 32.1. The number of halogens is 1. The maximum atomic E-state index is 13.4. The van der Waals surface area contributed by atoms with Crippen LogP contribution in [0.5, 0.6) is 0 Å². The molecule has 4 aromatic rings. The van der Waals surface area contributed by atoms with Crippen LogP contribution in [0.1, 0.15) is 32.9 Å². The first-order chi connectivity index (χ1) is 14.5. The van der Waals surface area contributed by atoms with Crippen molar-refractivity contribution >= 4 is 17.1 Å². The predicted molar refractivity (Wildman–Crippen MR) is 115 cm³/mol. The average Bonchev–Trinajstić information content (AvgIpc) is 3.22. The molecule has 0 spiro atoms. The molecule has 0 atom stereocenters. The second-order valence-electron chi connectivity index (χ2n) is 7.04. The average molecular weight is 418 g/mol. The zero-order valence-electron chi connectivity index (χ0n) is 16.6. The van der Waals surface area contributed by atoms with Gasteiger partial charge in [0.25, 0.3) is 0 Å². The van der Waals surface area contributed by atoms with Gasteiger partial charge in [0.1, 0.15) is 10.8 Å². The Hall–Kier alpha value is -3.32. The van der Waals surface area contributed by atoms with E-state index in [-0.39, 0.29) is 5.78 Å². The first kappa shape index (κ1) is 20.0. The molecule has 0 aliphatic heterocycles. The van der Waals surface area contributed by atoms with Crippen LogP contribution in [0.2, 0.25) is 0 Å². The van der Waals surface area contributed by atoms with Gasteiger partial charge in [0.05, 0.1) is 16.8 Å². The number of Topliss-reactive ketones (excluding diaryl/α,β-unsaturated/α-hetero) is 1. The van der Waals surface area contributed by atoms with E-state index in [1.165, 1.54) is 23.6 Å². The minimum atomic E-state index is -0.427. The Morgan fingerprint density at radius 1 is 1.00 bits per heavy atom. The summed E-state index contributed by atoms with van der Waals surface area (Å²) in [4.78, 5) is 30.0. The Morgan fingerprint density at radius 2 is 1.87 bits per heavy atom. The lowest BCUT2D eigenvalue weighted by Crippen LogP contribution is -2.00. The second kappa shape index (κ2) is 8.59. The van der Waals surface area contributed by atoms with Gasteiger partial charge in [-0.2, -0.15) is 0 Å². The van der Waals surface area contributed by atoms with E-state index in [9.17, 15) is 9.18 Å². The van der Waals surface area contributed by atoms with E-state index in [0.717, 1.165) is 34.3 Å². The molecule has 0 aliphatic carbocycles. The minimum Gasteiger partial charge on any atom is -0.293 e. The summed E-state index contributed by atoms with van der Waals surface area (Å²) in [5.74, 6) is -0.418. The van der Waals surface area contributed by atoms with Crippen LogP contribution in [-0.4, -0.2) is 25.7 Å². The van der Waals surface area contributed by atoms with Gasteiger partial charge in [-0.15, -0.1) is 11.3 Å². The third kappa shape index (κ3) is 4.46. The lowest BCUT2D eigenvalue weighted by molar-refractivity contribution is 0.0986. The summed E-state index contributed by atoms with van der Waals surface area (Å²) in [7, 11) is 0. The van der Waals surface area contributed by atoms with E-state index in [1.807, 2.05) is 32.2 Å². The van der Waals surface area contributed by atoms with E-state index >= 15 is 0 Å². The van der Waals surface area contributed by atoms with Gasteiger partial charge in [0.2, 0.25) is 0 Å². The van der Waals surface area contributed by atoms with Crippen molar-refractivity contribution in [1.82, 2.24) is 19.9 Å². The Morgan fingerprint density at radius 3 is 2.63 bits per heavy atom. The molecule has 0 radical (unpaired) electrons. The monoisotopic (exact) mass is 418 g/mol. The largest absolute Gasteiger partial charge is 0.293 e. The molecule has 0 aliphatic rings. The fourth-order valence-electron chi connectivity index (χ4n) is 3.21. The van der Waals surface area contributed by atoms with Gasteiger partial charge in [-0.1, -0.05) is 6.07 Å². The van der Waals surface area contributed by atoms with E-state index in [4.69, 9.17) is 0 Å². The smallest absolute Gasteiger partial charge is 0.174 e. The topological polar surface area (TPSA) is 68.6 Å². The van der Waals surface area contributed by atoms with Gasteiger partial charge in [-0.25, -0.2) is 9.37 Å². The Labute approximate surface area is 177 Å². The number of rotatable bonds is 6. The van der Waals surface area contributed by atoms with Crippen molar-refractivity contribution in [1.29, 1.82) is 0 Å². The number of thiazole rings is 1. The van der Waals surface area contributed by atoms with Crippen molar-refractivity contribution in [3.05, 3.63) is 82.8 Å². The standard InChI is InChI=1S/C23H19FN4OS/c1-14-7-16(10-27-22(14)17-5-6-26-15(2)8-17)3-4-20(29)21-13-28-23(30-21)18-9-19(24)12-25-11-18/h5-13H,3-4H2,1-2H3. The summed E-state index contributed by atoms with van der Waals surface area (Å²) in [6, 6.07) is 7.39. The Kier molecular flexibility index (Phi) is 5.72. The van der Waals surface area contributed by atoms with Crippen molar-refractivity contribution < 1.29 is 9.18 Å². The van der Waals surface area contributed by atoms with Crippen LogP contribution >= 0.6 is 11.3 Å². The summed E-state index contributed by atoms with van der Waals surface area (Å²) >= 11 is 1.25. The normalized spacial score (nSPS) is 10.9. The summed E-state index contributed by atoms with van der Waals surface area (Å²) < 4.78 is 13.4. The number of aryl methyl sites for hydroxylation is 3. The summed E-state index contributed by atoms with van der Waals surface area (Å²) in [5.41, 5.74) is 5.54. The van der Waals surface area contributed by atoms with Gasteiger partial charge in [-0.3, -0.25) is 19.7 Å². The minimum absolute atomic E-state index is 0.00889. The number of hydrogen-bond donors (Lipinski definition) is 0. The van der Waals surface area contributed by atoms with Crippen LogP contribution in [0.3, 0.4) is 0 Å². The van der Waals surface area contributed by atoms with Gasteiger partial charge in [0, 0.05) is 48.0 Å². The highest BCUT2D eigenvalue weighted by Crippen LogP contribution is 2.26. The van der Waals surface area contributed by atoms with Crippen molar-refractivity contribution in [3.8, 4) is 21.8 Å². The summed E-state index contributed by atoms with van der Waals surface area (Å²) in [6.45, 7) is 3.97. The summed E-state index contributed by atoms with van der Waals surface area (Å²) in [5, 5.41) is 0.583. The predicted octanol–water partition coefficient (Wildman–Crippen LogP) is 5.23. The van der Waals surface area contributed by atoms with Crippen LogP contribution in [0.4, 0.5) is 4.39 Å². The molecule has 0 saturated carbocycles. The molecule has 0 N–H and O–H groups in total. The number of carbonyl (C=O) groups is 1. The SMILES string of the molecule is Cc1cc(-c2ncc(CCC(=O)c3cnc(-c4cncc(F)c4)s3)cc2C)ccn1. The molecule has 150 valence electrons. The third-order valence-electron chi connectivity index (χ3n) is 4.68. The third-order valence-corrected chi connectivity index (χ3v) is 5.77. The maximum absolute atomic E-state index is 13.4. The number of carbonyl (C=O) groups excluding carboxylic acids is 1. The molecule has 4 heterocycles. The van der Waals surface area contributed by atoms with Crippen LogP contribution in [-0.2, 0) is 6.42 Å². The first-order valence-electron chi connectivity index (χ1n) is 9.48. The molecule has 4 rings (SSSR count). The number of nitrogens with zero attached hydrogens (tertiary/aromatic N) is 4. The lowest BCUT2D eigenvalue weighted by atomic mass is 10.0. The molecule has 5 nitrogen and oxygen atoms in total. The molecule has 0 unspecified atom stereocenters. The maximum Gasteiger partial charge on any atom is 0.174 e. The molecule has 30 heavy (non-hydrogen) atoms. The quantitative estimate of drug-likeness (QED) is 0.401. The highest BCUT2D eigenvalue weighted by Gasteiger charge is 2.13. The highest BCUT2D eigenvalue weighted by molar-refractivity contribution is 7.16. The van der Waals surface area contributed by atoms with Gasteiger partial charge < -0.3 is 0 Å². The van der Waals surface area contributed by atoms with E-state index in [2.05, 4.69) is 26.0 Å². The molecule has 0 fully saturated rings. The molecule has 7 heteroatoms. The molecule has 0 saturated heterocycles. The van der Waals surface area contributed by atoms with Crippen LogP contribution < -0.4 is 0 Å². The number of aromatic nitrogens is 4. The fraction of sp³-hybridized carbons (Fsp3) is 0.174. The Bertz CT molecular complexity index is 1220. The van der Waals surface area contributed by atoms with Gasteiger partial charge >= 0.3 is 0 Å². The summed E-state index contributed by atoms with van der Waals surface area (Å²) in [6.07, 6.45) is 8.78. The molecule has 0 amide bonds. The zero-order chi connectivity index (χ0) is 21.1. The number of pyridine rings is 3. The van der Waals surface area contributed by atoms with Crippen LogP contribution in [0.25, 0.3) is 21.8 Å². The molecule has 4 aromatic heterocycles. The van der Waals surface area contributed by atoms with Crippen LogP contribution in [0, 0.1) is 19.7 Å². The van der Waals surface area contributed by atoms with Crippen LogP contribution in [0.15, 0.2) is 55.2 Å². The van der Waals surface area contributed by atoms with Gasteiger partial charge in [-0.05, 0) is 49.6 Å². The van der Waals surface area contributed by atoms with Gasteiger partial charge in [0.15, 0.2) is 5.78 Å².